The number of aromatic nitrogens is 1. The Morgan fingerprint density at radius 2 is 2.05 bits per heavy atom. The van der Waals surface area contributed by atoms with Crippen LogP contribution >= 0.6 is 0 Å². The smallest absolute Gasteiger partial charge is 0.151 e. The first-order valence-corrected chi connectivity index (χ1v) is 7.60. The third-order valence-electron chi connectivity index (χ3n) is 4.05. The van der Waals surface area contributed by atoms with Gasteiger partial charge in [-0.05, 0) is 19.3 Å². The van der Waals surface area contributed by atoms with Gasteiger partial charge >= 0.3 is 0 Å². The number of piperidine rings is 1. The van der Waals surface area contributed by atoms with Crippen molar-refractivity contribution in [1.82, 2.24) is 10.1 Å². The van der Waals surface area contributed by atoms with Crippen LogP contribution in [0.25, 0.3) is 11.3 Å². The molecule has 112 valence electrons. The molecule has 21 heavy (non-hydrogen) atoms. The summed E-state index contributed by atoms with van der Waals surface area (Å²) < 4.78 is 5.49. The van der Waals surface area contributed by atoms with Gasteiger partial charge in [0.15, 0.2) is 5.76 Å². The van der Waals surface area contributed by atoms with E-state index in [9.17, 15) is 0 Å². The second-order valence-corrected chi connectivity index (χ2v) is 6.34. The Balaban J connectivity index is 1.69. The number of hydrogen-bond donors (Lipinski definition) is 1. The lowest BCUT2D eigenvalue weighted by atomic mass is 9.96. The number of nitrogens with zero attached hydrogens (tertiary/aromatic N) is 2. The number of rotatable bonds is 3. The molecule has 1 aliphatic heterocycles. The van der Waals surface area contributed by atoms with Crippen molar-refractivity contribution in [3.8, 4) is 11.3 Å². The second kappa shape index (κ2) is 6.00. The van der Waals surface area contributed by atoms with Crippen molar-refractivity contribution in [3.63, 3.8) is 0 Å². The predicted molar refractivity (Wildman–Crippen MR) is 83.7 cm³/mol. The molecule has 1 aromatic carbocycles. The summed E-state index contributed by atoms with van der Waals surface area (Å²) in [4.78, 5) is 2.36. The minimum Gasteiger partial charge on any atom is -0.359 e. The molecule has 2 heterocycles. The first-order valence-electron chi connectivity index (χ1n) is 7.60. The van der Waals surface area contributed by atoms with Crippen LogP contribution in [0.4, 0.5) is 0 Å². The fraction of sp³-hybridized carbons (Fsp3) is 0.471. The molecular formula is C17H23N3O. The minimum atomic E-state index is 0.272. The Morgan fingerprint density at radius 3 is 2.76 bits per heavy atom. The summed E-state index contributed by atoms with van der Waals surface area (Å²) in [5.74, 6) is 1.56. The highest BCUT2D eigenvalue weighted by Crippen LogP contribution is 2.22. The van der Waals surface area contributed by atoms with Gasteiger partial charge in [0, 0.05) is 30.8 Å². The van der Waals surface area contributed by atoms with Crippen LogP contribution in [-0.2, 0) is 6.54 Å². The van der Waals surface area contributed by atoms with Crippen molar-refractivity contribution in [2.75, 3.05) is 13.1 Å². The monoisotopic (exact) mass is 285 g/mol. The lowest BCUT2D eigenvalue weighted by molar-refractivity contribution is 0.144. The van der Waals surface area contributed by atoms with Crippen molar-refractivity contribution in [2.45, 2.75) is 32.9 Å². The van der Waals surface area contributed by atoms with E-state index in [0.29, 0.717) is 5.92 Å². The molecule has 0 spiro atoms. The van der Waals surface area contributed by atoms with Gasteiger partial charge in [-0.2, -0.15) is 0 Å². The Labute approximate surface area is 125 Å². The number of hydrogen-bond acceptors (Lipinski definition) is 4. The molecule has 2 aromatic rings. The maximum Gasteiger partial charge on any atom is 0.151 e. The first kappa shape index (κ1) is 14.3. The largest absolute Gasteiger partial charge is 0.359 e. The van der Waals surface area contributed by atoms with E-state index in [-0.39, 0.29) is 6.04 Å². The van der Waals surface area contributed by atoms with Crippen LogP contribution in [0.1, 0.15) is 24.7 Å². The zero-order chi connectivity index (χ0) is 14.8. The van der Waals surface area contributed by atoms with Crippen molar-refractivity contribution in [3.05, 3.63) is 41.7 Å². The quantitative estimate of drug-likeness (QED) is 0.942. The normalized spacial score (nSPS) is 23.4. The van der Waals surface area contributed by atoms with E-state index in [1.165, 1.54) is 5.56 Å². The Bertz CT molecular complexity index is 580. The SMILES string of the molecule is Cc1ccc(-c2cc(CN3CC(C)CC(N)C3)on2)cc1. The molecule has 2 unspecified atom stereocenters. The molecule has 1 aliphatic rings. The van der Waals surface area contributed by atoms with Gasteiger partial charge in [-0.15, -0.1) is 0 Å². The zero-order valence-corrected chi connectivity index (χ0v) is 12.7. The highest BCUT2D eigenvalue weighted by atomic mass is 16.5. The van der Waals surface area contributed by atoms with Gasteiger partial charge in [-0.1, -0.05) is 41.9 Å². The lowest BCUT2D eigenvalue weighted by Gasteiger charge is -2.33. The van der Waals surface area contributed by atoms with Gasteiger partial charge in [0.05, 0.1) is 6.54 Å². The van der Waals surface area contributed by atoms with E-state index in [2.05, 4.69) is 48.2 Å². The van der Waals surface area contributed by atoms with Crippen LogP contribution in [-0.4, -0.2) is 29.2 Å². The van der Waals surface area contributed by atoms with Crippen molar-refractivity contribution in [1.29, 1.82) is 0 Å². The third kappa shape index (κ3) is 3.52. The summed E-state index contributed by atoms with van der Waals surface area (Å²) in [5, 5.41) is 4.19. The van der Waals surface area contributed by atoms with Gasteiger partial charge < -0.3 is 10.3 Å². The standard InChI is InChI=1S/C17H23N3O/c1-12-3-5-14(6-4-12)17-8-16(21-19-17)11-20-9-13(2)7-15(18)10-20/h3-6,8,13,15H,7,9-11,18H2,1-2H3. The van der Waals surface area contributed by atoms with Gasteiger partial charge in [0.25, 0.3) is 0 Å². The molecular weight excluding hydrogens is 262 g/mol. The van der Waals surface area contributed by atoms with Gasteiger partial charge in [0.1, 0.15) is 5.69 Å². The molecule has 2 N–H and O–H groups in total. The number of aryl methyl sites for hydroxylation is 1. The fourth-order valence-corrected chi connectivity index (χ4v) is 3.11. The van der Waals surface area contributed by atoms with Crippen molar-refractivity contribution < 1.29 is 4.52 Å². The highest BCUT2D eigenvalue weighted by molar-refractivity contribution is 5.59. The average Bonchev–Trinajstić information content (AvgIpc) is 2.87. The van der Waals surface area contributed by atoms with Crippen LogP contribution in [0.2, 0.25) is 0 Å². The molecule has 1 saturated heterocycles. The van der Waals surface area contributed by atoms with E-state index in [1.807, 2.05) is 6.07 Å². The summed E-state index contributed by atoms with van der Waals surface area (Å²) in [5.41, 5.74) is 9.34. The predicted octanol–water partition coefficient (Wildman–Crippen LogP) is 2.82. The third-order valence-corrected chi connectivity index (χ3v) is 4.05. The topological polar surface area (TPSA) is 55.3 Å². The average molecular weight is 285 g/mol. The Morgan fingerprint density at radius 1 is 1.29 bits per heavy atom. The highest BCUT2D eigenvalue weighted by Gasteiger charge is 2.23. The maximum absolute atomic E-state index is 6.09. The number of likely N-dealkylation sites (tertiary alicyclic amines) is 1. The molecule has 0 aliphatic carbocycles. The van der Waals surface area contributed by atoms with E-state index in [4.69, 9.17) is 10.3 Å². The minimum absolute atomic E-state index is 0.272. The molecule has 2 atom stereocenters. The van der Waals surface area contributed by atoms with Crippen LogP contribution in [0, 0.1) is 12.8 Å². The Kier molecular flexibility index (Phi) is 4.08. The number of nitrogens with two attached hydrogens (primary N) is 1. The van der Waals surface area contributed by atoms with E-state index in [0.717, 1.165) is 43.1 Å². The van der Waals surface area contributed by atoms with Gasteiger partial charge in [0.2, 0.25) is 0 Å². The van der Waals surface area contributed by atoms with Gasteiger partial charge in [-0.25, -0.2) is 0 Å². The van der Waals surface area contributed by atoms with Crippen LogP contribution in [0.3, 0.4) is 0 Å². The molecule has 3 rings (SSSR count). The molecule has 0 bridgehead atoms. The van der Waals surface area contributed by atoms with Crippen molar-refractivity contribution in [2.24, 2.45) is 11.7 Å². The first-order chi connectivity index (χ1) is 10.1. The second-order valence-electron chi connectivity index (χ2n) is 6.34. The summed E-state index contributed by atoms with van der Waals surface area (Å²) in [7, 11) is 0. The van der Waals surface area contributed by atoms with Crippen molar-refractivity contribution >= 4 is 0 Å². The summed E-state index contributed by atoms with van der Waals surface area (Å²) in [6.45, 7) is 7.14. The van der Waals surface area contributed by atoms with E-state index in [1.54, 1.807) is 0 Å². The van der Waals surface area contributed by atoms with E-state index < -0.39 is 0 Å². The molecule has 4 nitrogen and oxygen atoms in total. The van der Waals surface area contributed by atoms with Crippen LogP contribution < -0.4 is 5.73 Å². The molecule has 0 radical (unpaired) electrons. The number of benzene rings is 1. The van der Waals surface area contributed by atoms with Crippen LogP contribution in [0.15, 0.2) is 34.9 Å². The molecule has 1 aromatic heterocycles. The van der Waals surface area contributed by atoms with Gasteiger partial charge in [-0.3, -0.25) is 4.90 Å². The zero-order valence-electron chi connectivity index (χ0n) is 12.7. The summed E-state index contributed by atoms with van der Waals surface area (Å²) in [6, 6.07) is 10.7. The maximum atomic E-state index is 6.09. The Hall–Kier alpha value is -1.65. The lowest BCUT2D eigenvalue weighted by Crippen LogP contribution is -2.45. The molecule has 0 amide bonds. The van der Waals surface area contributed by atoms with Crippen LogP contribution in [0.5, 0.6) is 0 Å². The molecule has 1 fully saturated rings. The molecule has 4 heteroatoms. The molecule has 0 saturated carbocycles. The summed E-state index contributed by atoms with van der Waals surface area (Å²) >= 11 is 0. The summed E-state index contributed by atoms with van der Waals surface area (Å²) in [6.07, 6.45) is 1.11. The fourth-order valence-electron chi connectivity index (χ4n) is 3.11. The van der Waals surface area contributed by atoms with E-state index >= 15 is 0 Å².